The molecular formula is C24H41NO3. The van der Waals surface area contributed by atoms with Gasteiger partial charge in [0.05, 0.1) is 0 Å². The van der Waals surface area contributed by atoms with Crippen LogP contribution >= 0.6 is 0 Å². The van der Waals surface area contributed by atoms with E-state index in [1.165, 1.54) is 51.4 Å². The zero-order valence-corrected chi connectivity index (χ0v) is 18.0. The second-order valence-electron chi connectivity index (χ2n) is 7.88. The Hall–Kier alpha value is -1.71. The topological polar surface area (TPSA) is 72.6 Å². The van der Waals surface area contributed by atoms with E-state index in [4.69, 9.17) is 10.5 Å². The molecule has 160 valence electrons. The van der Waals surface area contributed by atoms with Gasteiger partial charge in [0.2, 0.25) is 0 Å². The fourth-order valence-corrected chi connectivity index (χ4v) is 3.47. The van der Waals surface area contributed by atoms with Gasteiger partial charge in [0.15, 0.2) is 6.10 Å². The quantitative estimate of drug-likeness (QED) is 0.307. The van der Waals surface area contributed by atoms with E-state index in [2.05, 4.69) is 13.8 Å². The first-order chi connectivity index (χ1) is 13.6. The monoisotopic (exact) mass is 391 g/mol. The highest BCUT2D eigenvalue weighted by molar-refractivity contribution is 5.79. The van der Waals surface area contributed by atoms with Crippen molar-refractivity contribution in [3.05, 3.63) is 23.8 Å². The van der Waals surface area contributed by atoms with E-state index in [0.29, 0.717) is 12.2 Å². The fourth-order valence-electron chi connectivity index (χ4n) is 3.47. The Kier molecular flexibility index (Phi) is 13.2. The van der Waals surface area contributed by atoms with Gasteiger partial charge in [-0.2, -0.15) is 0 Å². The number of aromatic hydroxyl groups is 1. The number of carbonyl (C=O) groups is 1. The molecule has 0 aliphatic carbocycles. The summed E-state index contributed by atoms with van der Waals surface area (Å²) in [6, 6.07) is 5.07. The van der Waals surface area contributed by atoms with E-state index in [-0.39, 0.29) is 5.75 Å². The molecular weight excluding hydrogens is 350 g/mol. The third kappa shape index (κ3) is 10.6. The summed E-state index contributed by atoms with van der Waals surface area (Å²) >= 11 is 0. The Morgan fingerprint density at radius 2 is 1.50 bits per heavy atom. The van der Waals surface area contributed by atoms with E-state index >= 15 is 0 Å². The Labute approximate surface area is 171 Å². The molecule has 4 nitrogen and oxygen atoms in total. The van der Waals surface area contributed by atoms with Gasteiger partial charge in [0, 0.05) is 0 Å². The van der Waals surface area contributed by atoms with Gasteiger partial charge in [-0.25, -0.2) is 0 Å². The van der Waals surface area contributed by atoms with E-state index in [0.717, 1.165) is 37.7 Å². The molecule has 28 heavy (non-hydrogen) atoms. The van der Waals surface area contributed by atoms with Crippen LogP contribution in [0.25, 0.3) is 0 Å². The minimum Gasteiger partial charge on any atom is -0.508 e. The molecule has 0 bridgehead atoms. The van der Waals surface area contributed by atoms with E-state index in [9.17, 15) is 9.90 Å². The summed E-state index contributed by atoms with van der Waals surface area (Å²) in [6.45, 7) is 4.37. The zero-order chi connectivity index (χ0) is 20.6. The molecule has 3 N–H and O–H groups in total. The van der Waals surface area contributed by atoms with Crippen LogP contribution < -0.4 is 10.5 Å². The molecule has 0 aliphatic rings. The Morgan fingerprint density at radius 3 is 2.07 bits per heavy atom. The highest BCUT2D eigenvalue weighted by Gasteiger charge is 2.18. The second-order valence-corrected chi connectivity index (χ2v) is 7.88. The highest BCUT2D eigenvalue weighted by Crippen LogP contribution is 2.27. The van der Waals surface area contributed by atoms with Crippen LogP contribution in [0.2, 0.25) is 0 Å². The number of primary amides is 1. The predicted octanol–water partition coefficient (Wildman–Crippen LogP) is 6.28. The Balaban J connectivity index is 2.35. The molecule has 1 atom stereocenters. The Morgan fingerprint density at radius 1 is 0.929 bits per heavy atom. The van der Waals surface area contributed by atoms with Gasteiger partial charge in [-0.1, -0.05) is 78.1 Å². The number of phenols is 1. The van der Waals surface area contributed by atoms with Gasteiger partial charge in [0.25, 0.3) is 5.91 Å². The highest BCUT2D eigenvalue weighted by atomic mass is 16.5. The van der Waals surface area contributed by atoms with Crippen LogP contribution in [0.3, 0.4) is 0 Å². The molecule has 1 amide bonds. The molecule has 0 radical (unpaired) electrons. The molecule has 0 fully saturated rings. The summed E-state index contributed by atoms with van der Waals surface area (Å²) in [5, 5.41) is 9.74. The number of unbranched alkanes of at least 4 members (excludes halogenated alkanes) is 10. The van der Waals surface area contributed by atoms with Gasteiger partial charge in [-0.05, 0) is 49.4 Å². The van der Waals surface area contributed by atoms with Crippen LogP contribution in [-0.2, 0) is 11.2 Å². The van der Waals surface area contributed by atoms with Crippen molar-refractivity contribution >= 4 is 5.91 Å². The summed E-state index contributed by atoms with van der Waals surface area (Å²) in [6.07, 6.45) is 15.5. The van der Waals surface area contributed by atoms with Crippen molar-refractivity contribution in [2.45, 2.75) is 110 Å². The fraction of sp³-hybridized carbons (Fsp3) is 0.708. The molecule has 1 aromatic rings. The van der Waals surface area contributed by atoms with Crippen molar-refractivity contribution in [2.24, 2.45) is 5.73 Å². The lowest BCUT2D eigenvalue weighted by Gasteiger charge is -2.19. The largest absolute Gasteiger partial charge is 0.508 e. The number of benzene rings is 1. The van der Waals surface area contributed by atoms with Crippen molar-refractivity contribution in [2.75, 3.05) is 0 Å². The number of rotatable bonds is 17. The number of hydrogen-bond donors (Lipinski definition) is 2. The molecule has 0 saturated carbocycles. The number of carbonyl (C=O) groups excluding carboxylic acids is 1. The Bertz CT molecular complexity index is 545. The minimum atomic E-state index is -0.598. The van der Waals surface area contributed by atoms with Gasteiger partial charge in [0.1, 0.15) is 11.5 Å². The standard InChI is InChI=1S/C24H41NO3/c1-3-5-7-8-9-10-11-12-13-14-16-23(24(25)27)28-22-18-17-21(26)19-20(22)15-6-4-2/h17-19,23,26H,3-16H2,1-2H3,(H2,25,27). The first kappa shape index (κ1) is 24.3. The molecule has 0 aromatic heterocycles. The van der Waals surface area contributed by atoms with E-state index in [1.807, 2.05) is 0 Å². The molecule has 1 aromatic carbocycles. The summed E-state index contributed by atoms with van der Waals surface area (Å²) in [7, 11) is 0. The number of hydrogen-bond acceptors (Lipinski definition) is 3. The van der Waals surface area contributed by atoms with Crippen LogP contribution in [0, 0.1) is 0 Å². The summed E-state index contributed by atoms with van der Waals surface area (Å²) < 4.78 is 5.96. The minimum absolute atomic E-state index is 0.226. The summed E-state index contributed by atoms with van der Waals surface area (Å²) in [5.74, 6) is 0.483. The van der Waals surface area contributed by atoms with E-state index in [1.54, 1.807) is 18.2 Å². The first-order valence-corrected chi connectivity index (χ1v) is 11.4. The number of ether oxygens (including phenoxy) is 1. The normalized spacial score (nSPS) is 12.1. The van der Waals surface area contributed by atoms with Gasteiger partial charge in [-0.3, -0.25) is 4.79 Å². The first-order valence-electron chi connectivity index (χ1n) is 11.4. The van der Waals surface area contributed by atoms with Gasteiger partial charge >= 0.3 is 0 Å². The molecule has 4 heteroatoms. The molecule has 0 aliphatic heterocycles. The maximum absolute atomic E-state index is 11.8. The summed E-state index contributed by atoms with van der Waals surface area (Å²) in [5.41, 5.74) is 6.51. The van der Waals surface area contributed by atoms with Gasteiger partial charge in [-0.15, -0.1) is 0 Å². The third-order valence-electron chi connectivity index (χ3n) is 5.25. The van der Waals surface area contributed by atoms with Crippen LogP contribution in [0.5, 0.6) is 11.5 Å². The number of nitrogens with two attached hydrogens (primary N) is 1. The van der Waals surface area contributed by atoms with E-state index < -0.39 is 12.0 Å². The van der Waals surface area contributed by atoms with Crippen molar-refractivity contribution in [3.8, 4) is 11.5 Å². The van der Waals surface area contributed by atoms with Crippen molar-refractivity contribution in [1.82, 2.24) is 0 Å². The zero-order valence-electron chi connectivity index (χ0n) is 18.0. The maximum Gasteiger partial charge on any atom is 0.258 e. The molecule has 0 saturated heterocycles. The third-order valence-corrected chi connectivity index (χ3v) is 5.25. The number of phenolic OH excluding ortho intramolecular Hbond substituents is 1. The molecule has 0 spiro atoms. The lowest BCUT2D eigenvalue weighted by Crippen LogP contribution is -2.34. The SMILES string of the molecule is CCCCCCCCCCCCC(Oc1ccc(O)cc1CCCC)C(N)=O. The lowest BCUT2D eigenvalue weighted by molar-refractivity contribution is -0.125. The predicted molar refractivity (Wildman–Crippen MR) is 117 cm³/mol. The van der Waals surface area contributed by atoms with Crippen LogP contribution in [0.1, 0.15) is 103 Å². The number of aryl methyl sites for hydroxylation is 1. The average molecular weight is 392 g/mol. The van der Waals surface area contributed by atoms with Gasteiger partial charge < -0.3 is 15.6 Å². The summed E-state index contributed by atoms with van der Waals surface area (Å²) in [4.78, 5) is 11.8. The van der Waals surface area contributed by atoms with Crippen molar-refractivity contribution < 1.29 is 14.6 Å². The van der Waals surface area contributed by atoms with Crippen molar-refractivity contribution in [1.29, 1.82) is 0 Å². The number of amides is 1. The lowest BCUT2D eigenvalue weighted by atomic mass is 10.0. The van der Waals surface area contributed by atoms with Crippen LogP contribution in [0.15, 0.2) is 18.2 Å². The maximum atomic E-state index is 11.8. The van der Waals surface area contributed by atoms with Crippen LogP contribution in [-0.4, -0.2) is 17.1 Å². The molecule has 0 heterocycles. The average Bonchev–Trinajstić information content (AvgIpc) is 2.68. The second kappa shape index (κ2) is 15.2. The van der Waals surface area contributed by atoms with Crippen molar-refractivity contribution in [3.63, 3.8) is 0 Å². The molecule has 1 unspecified atom stereocenters. The smallest absolute Gasteiger partial charge is 0.258 e. The van der Waals surface area contributed by atoms with Crippen LogP contribution in [0.4, 0.5) is 0 Å². The molecule has 1 rings (SSSR count).